The molecule has 0 atom stereocenters. The average Bonchev–Trinajstić information content (AvgIpc) is 2.65. The van der Waals surface area contributed by atoms with Gasteiger partial charge >= 0.3 is 0 Å². The smallest absolute Gasteiger partial charge is 0.169 e. The van der Waals surface area contributed by atoms with Crippen LogP contribution in [-0.2, 0) is 13.0 Å². The highest BCUT2D eigenvalue weighted by Crippen LogP contribution is 2.12. The van der Waals surface area contributed by atoms with Crippen LogP contribution in [0.4, 0.5) is 5.82 Å². The molecule has 2 rings (SSSR count). The molecular formula is C13H18N4. The minimum absolute atomic E-state index is 0.555. The Morgan fingerprint density at radius 2 is 1.94 bits per heavy atom. The second-order valence-electron chi connectivity index (χ2n) is 4.31. The van der Waals surface area contributed by atoms with Gasteiger partial charge in [0.1, 0.15) is 0 Å². The predicted molar refractivity (Wildman–Crippen MR) is 68.7 cm³/mol. The maximum Gasteiger partial charge on any atom is 0.169 e. The number of rotatable bonds is 4. The molecule has 0 aliphatic carbocycles. The Labute approximate surface area is 101 Å². The van der Waals surface area contributed by atoms with E-state index in [0.29, 0.717) is 5.82 Å². The molecule has 0 bridgehead atoms. The first-order chi connectivity index (χ1) is 8.20. The van der Waals surface area contributed by atoms with Crippen molar-refractivity contribution in [1.29, 1.82) is 0 Å². The minimum atomic E-state index is 0.555. The van der Waals surface area contributed by atoms with Gasteiger partial charge in [-0.1, -0.05) is 48.4 Å². The van der Waals surface area contributed by atoms with Crippen molar-refractivity contribution >= 4 is 5.82 Å². The van der Waals surface area contributed by atoms with Crippen LogP contribution in [0.5, 0.6) is 0 Å². The van der Waals surface area contributed by atoms with E-state index >= 15 is 0 Å². The lowest BCUT2D eigenvalue weighted by Crippen LogP contribution is -2.07. The lowest BCUT2D eigenvalue weighted by Gasteiger charge is -2.06. The predicted octanol–water partition coefficient (Wildman–Crippen LogP) is 2.17. The number of benzene rings is 1. The van der Waals surface area contributed by atoms with E-state index in [1.807, 2.05) is 4.68 Å². The zero-order valence-electron chi connectivity index (χ0n) is 10.3. The van der Waals surface area contributed by atoms with Gasteiger partial charge < -0.3 is 5.73 Å². The monoisotopic (exact) mass is 230 g/mol. The molecule has 2 aromatic rings. The second kappa shape index (κ2) is 4.99. The summed E-state index contributed by atoms with van der Waals surface area (Å²) < 4.78 is 1.89. The zero-order valence-corrected chi connectivity index (χ0v) is 10.3. The molecule has 4 heteroatoms. The number of hydrogen-bond acceptors (Lipinski definition) is 3. The highest BCUT2D eigenvalue weighted by Gasteiger charge is 2.09. The van der Waals surface area contributed by atoms with Crippen LogP contribution in [0.25, 0.3) is 0 Å². The van der Waals surface area contributed by atoms with Crippen molar-refractivity contribution in [3.8, 4) is 0 Å². The summed E-state index contributed by atoms with van der Waals surface area (Å²) in [6.45, 7) is 4.95. The number of nitrogens with zero attached hydrogens (tertiary/aromatic N) is 3. The first-order valence-electron chi connectivity index (χ1n) is 5.94. The van der Waals surface area contributed by atoms with E-state index in [9.17, 15) is 0 Å². The number of aryl methyl sites for hydroxylation is 1. The topological polar surface area (TPSA) is 56.7 Å². The summed E-state index contributed by atoms with van der Waals surface area (Å²) >= 11 is 0. The van der Waals surface area contributed by atoms with Crippen LogP contribution in [0.1, 0.15) is 30.2 Å². The van der Waals surface area contributed by atoms with E-state index in [4.69, 9.17) is 5.73 Å². The SMILES string of the molecule is CCCc1c(N)nnn1Cc1ccc(C)cc1. The van der Waals surface area contributed by atoms with E-state index in [2.05, 4.69) is 48.4 Å². The van der Waals surface area contributed by atoms with Crippen molar-refractivity contribution in [2.24, 2.45) is 0 Å². The molecule has 1 aromatic heterocycles. The van der Waals surface area contributed by atoms with Gasteiger partial charge in [-0.2, -0.15) is 0 Å². The Morgan fingerprint density at radius 1 is 1.24 bits per heavy atom. The van der Waals surface area contributed by atoms with Crippen molar-refractivity contribution in [1.82, 2.24) is 15.0 Å². The number of hydrogen-bond donors (Lipinski definition) is 1. The van der Waals surface area contributed by atoms with Crippen LogP contribution in [0.2, 0.25) is 0 Å². The standard InChI is InChI=1S/C13H18N4/c1-3-4-12-13(14)15-16-17(12)9-11-7-5-10(2)6-8-11/h5-8H,3-4,9,14H2,1-2H3. The Balaban J connectivity index is 2.20. The minimum Gasteiger partial charge on any atom is -0.381 e. The van der Waals surface area contributed by atoms with Gasteiger partial charge in [-0.25, -0.2) is 4.68 Å². The fourth-order valence-corrected chi connectivity index (χ4v) is 1.83. The number of aromatic nitrogens is 3. The molecule has 90 valence electrons. The molecule has 0 aliphatic heterocycles. The van der Waals surface area contributed by atoms with Crippen molar-refractivity contribution in [2.75, 3.05) is 5.73 Å². The maximum absolute atomic E-state index is 5.81. The fourth-order valence-electron chi connectivity index (χ4n) is 1.83. The van der Waals surface area contributed by atoms with Gasteiger partial charge in [-0.05, 0) is 18.9 Å². The highest BCUT2D eigenvalue weighted by molar-refractivity contribution is 5.33. The molecule has 0 saturated carbocycles. The second-order valence-corrected chi connectivity index (χ2v) is 4.31. The van der Waals surface area contributed by atoms with E-state index in [0.717, 1.165) is 25.1 Å². The lowest BCUT2D eigenvalue weighted by molar-refractivity contribution is 0.613. The Bertz CT molecular complexity index is 485. The van der Waals surface area contributed by atoms with Gasteiger partial charge in [0.05, 0.1) is 12.2 Å². The largest absolute Gasteiger partial charge is 0.381 e. The summed E-state index contributed by atoms with van der Waals surface area (Å²) in [5.41, 5.74) is 9.33. The van der Waals surface area contributed by atoms with E-state index in [-0.39, 0.29) is 0 Å². The first-order valence-corrected chi connectivity index (χ1v) is 5.94. The summed E-state index contributed by atoms with van der Waals surface area (Å²) in [5.74, 6) is 0.555. The van der Waals surface area contributed by atoms with Gasteiger partial charge in [-0.3, -0.25) is 0 Å². The highest BCUT2D eigenvalue weighted by atomic mass is 15.4. The molecule has 2 N–H and O–H groups in total. The third kappa shape index (κ3) is 2.64. The number of anilines is 1. The van der Waals surface area contributed by atoms with E-state index in [1.165, 1.54) is 11.1 Å². The molecule has 17 heavy (non-hydrogen) atoms. The van der Waals surface area contributed by atoms with Gasteiger partial charge in [-0.15, -0.1) is 5.10 Å². The number of nitrogen functional groups attached to an aromatic ring is 1. The zero-order chi connectivity index (χ0) is 12.3. The molecule has 0 unspecified atom stereocenters. The van der Waals surface area contributed by atoms with Crippen LogP contribution in [0.3, 0.4) is 0 Å². The molecule has 0 aliphatic rings. The van der Waals surface area contributed by atoms with Gasteiger partial charge in [0, 0.05) is 0 Å². The van der Waals surface area contributed by atoms with Crippen LogP contribution < -0.4 is 5.73 Å². The third-order valence-electron chi connectivity index (χ3n) is 2.81. The molecular weight excluding hydrogens is 212 g/mol. The van der Waals surface area contributed by atoms with Gasteiger partial charge in [0.2, 0.25) is 0 Å². The average molecular weight is 230 g/mol. The molecule has 1 heterocycles. The molecule has 0 saturated heterocycles. The molecule has 0 spiro atoms. The molecule has 1 aromatic carbocycles. The van der Waals surface area contributed by atoms with Crippen molar-refractivity contribution < 1.29 is 0 Å². The summed E-state index contributed by atoms with van der Waals surface area (Å²) in [7, 11) is 0. The van der Waals surface area contributed by atoms with Gasteiger partial charge in [0.15, 0.2) is 5.82 Å². The van der Waals surface area contributed by atoms with Gasteiger partial charge in [0.25, 0.3) is 0 Å². The molecule has 0 radical (unpaired) electrons. The van der Waals surface area contributed by atoms with Crippen LogP contribution in [-0.4, -0.2) is 15.0 Å². The van der Waals surface area contributed by atoms with Crippen molar-refractivity contribution in [3.05, 3.63) is 41.1 Å². The Hall–Kier alpha value is -1.84. The first kappa shape index (κ1) is 11.6. The number of nitrogens with two attached hydrogens (primary N) is 1. The van der Waals surface area contributed by atoms with Crippen LogP contribution in [0.15, 0.2) is 24.3 Å². The third-order valence-corrected chi connectivity index (χ3v) is 2.81. The lowest BCUT2D eigenvalue weighted by atomic mass is 10.1. The van der Waals surface area contributed by atoms with E-state index < -0.39 is 0 Å². The summed E-state index contributed by atoms with van der Waals surface area (Å²) in [5, 5.41) is 8.03. The normalized spacial score (nSPS) is 10.7. The maximum atomic E-state index is 5.81. The summed E-state index contributed by atoms with van der Waals surface area (Å²) in [6, 6.07) is 8.44. The summed E-state index contributed by atoms with van der Waals surface area (Å²) in [6.07, 6.45) is 1.97. The molecule has 4 nitrogen and oxygen atoms in total. The summed E-state index contributed by atoms with van der Waals surface area (Å²) in [4.78, 5) is 0. The van der Waals surface area contributed by atoms with E-state index in [1.54, 1.807) is 0 Å². The fraction of sp³-hybridized carbons (Fsp3) is 0.385. The molecule has 0 amide bonds. The Kier molecular flexibility index (Phi) is 3.42. The Morgan fingerprint density at radius 3 is 2.59 bits per heavy atom. The van der Waals surface area contributed by atoms with Crippen LogP contribution in [0, 0.1) is 6.92 Å². The van der Waals surface area contributed by atoms with Crippen molar-refractivity contribution in [2.45, 2.75) is 33.2 Å². The van der Waals surface area contributed by atoms with Crippen molar-refractivity contribution in [3.63, 3.8) is 0 Å². The van der Waals surface area contributed by atoms with Crippen LogP contribution >= 0.6 is 0 Å². The quantitative estimate of drug-likeness (QED) is 0.875. The molecule has 0 fully saturated rings.